The van der Waals surface area contributed by atoms with Crippen LogP contribution in [0.1, 0.15) is 43.1 Å². The molecule has 0 aromatic heterocycles. The van der Waals surface area contributed by atoms with Crippen LogP contribution in [-0.2, 0) is 10.0 Å². The number of hydrogen-bond donors (Lipinski definition) is 2. The lowest BCUT2D eigenvalue weighted by molar-refractivity contribution is 0.0695. The maximum Gasteiger partial charge on any atom is 0.336 e. The molecule has 1 atom stereocenters. The minimum absolute atomic E-state index is 0.0256. The van der Waals surface area contributed by atoms with Gasteiger partial charge in [-0.3, -0.25) is 0 Å². The van der Waals surface area contributed by atoms with Crippen molar-refractivity contribution in [2.24, 2.45) is 5.92 Å². The Bertz CT molecular complexity index is 641. The molecule has 0 bridgehead atoms. The van der Waals surface area contributed by atoms with Gasteiger partial charge in [0.05, 0.1) is 10.5 Å². The molecule has 0 saturated heterocycles. The van der Waals surface area contributed by atoms with E-state index in [1.54, 1.807) is 6.92 Å². The van der Waals surface area contributed by atoms with Crippen molar-refractivity contribution in [2.45, 2.75) is 45.1 Å². The van der Waals surface area contributed by atoms with Gasteiger partial charge in [-0.25, -0.2) is 17.9 Å². The van der Waals surface area contributed by atoms with Gasteiger partial charge in [0.1, 0.15) is 0 Å². The van der Waals surface area contributed by atoms with Crippen molar-refractivity contribution in [3.63, 3.8) is 0 Å². The Morgan fingerprint density at radius 1 is 1.38 bits per heavy atom. The summed E-state index contributed by atoms with van der Waals surface area (Å²) in [6.45, 7) is 7.40. The van der Waals surface area contributed by atoms with E-state index >= 15 is 0 Å². The zero-order valence-corrected chi connectivity index (χ0v) is 14.9. The Labute approximate surface area is 133 Å². The van der Waals surface area contributed by atoms with Gasteiger partial charge in [-0.2, -0.15) is 0 Å². The predicted molar refractivity (Wildman–Crippen MR) is 85.1 cm³/mol. The summed E-state index contributed by atoms with van der Waals surface area (Å²) in [6, 6.07) is 2.43. The summed E-state index contributed by atoms with van der Waals surface area (Å²) in [6.07, 6.45) is 0.662. The van der Waals surface area contributed by atoms with Crippen molar-refractivity contribution in [3.05, 3.63) is 27.7 Å². The van der Waals surface area contributed by atoms with Gasteiger partial charge in [-0.05, 0) is 37.0 Å². The first-order chi connectivity index (χ1) is 9.60. The summed E-state index contributed by atoms with van der Waals surface area (Å²) in [7, 11) is -3.76. The molecule has 0 aliphatic heterocycles. The molecule has 0 spiro atoms. The van der Waals surface area contributed by atoms with Gasteiger partial charge in [0.15, 0.2) is 0 Å². The maximum atomic E-state index is 12.4. The van der Waals surface area contributed by atoms with Crippen molar-refractivity contribution in [1.82, 2.24) is 4.72 Å². The van der Waals surface area contributed by atoms with Crippen LogP contribution in [0.3, 0.4) is 0 Å². The number of benzene rings is 1. The van der Waals surface area contributed by atoms with Crippen LogP contribution in [0.15, 0.2) is 21.5 Å². The zero-order chi connectivity index (χ0) is 16.4. The smallest absolute Gasteiger partial charge is 0.336 e. The number of aromatic carboxylic acids is 1. The van der Waals surface area contributed by atoms with E-state index in [4.69, 9.17) is 5.11 Å². The number of carboxylic acids is 1. The summed E-state index contributed by atoms with van der Waals surface area (Å²) in [5, 5.41) is 9.16. The molecule has 118 valence electrons. The van der Waals surface area contributed by atoms with E-state index in [0.29, 0.717) is 16.5 Å². The second-order valence-corrected chi connectivity index (χ2v) is 7.83. The van der Waals surface area contributed by atoms with Crippen LogP contribution >= 0.6 is 15.9 Å². The van der Waals surface area contributed by atoms with E-state index in [2.05, 4.69) is 20.7 Å². The molecule has 21 heavy (non-hydrogen) atoms. The fourth-order valence-corrected chi connectivity index (χ4v) is 4.12. The fourth-order valence-electron chi connectivity index (χ4n) is 1.99. The highest BCUT2D eigenvalue weighted by molar-refractivity contribution is 9.10. The van der Waals surface area contributed by atoms with Crippen LogP contribution in [-0.4, -0.2) is 25.5 Å². The average Bonchev–Trinajstić information content (AvgIpc) is 2.38. The molecule has 2 N–H and O–H groups in total. The van der Waals surface area contributed by atoms with E-state index in [9.17, 15) is 13.2 Å². The van der Waals surface area contributed by atoms with Crippen LogP contribution in [0.25, 0.3) is 0 Å². The Kier molecular flexibility index (Phi) is 5.95. The third kappa shape index (κ3) is 4.28. The lowest BCUT2D eigenvalue weighted by Gasteiger charge is -2.21. The summed E-state index contributed by atoms with van der Waals surface area (Å²) < 4.78 is 27.9. The summed E-state index contributed by atoms with van der Waals surface area (Å²) >= 11 is 3.21. The number of hydrogen-bond acceptors (Lipinski definition) is 3. The predicted octanol–water partition coefficient (Wildman–Crippen LogP) is 3.17. The fraction of sp³-hybridized carbons (Fsp3) is 0.500. The normalized spacial score (nSPS) is 13.4. The zero-order valence-electron chi connectivity index (χ0n) is 12.5. The molecule has 0 saturated carbocycles. The molecule has 1 aromatic rings. The second-order valence-electron chi connectivity index (χ2n) is 5.26. The highest BCUT2D eigenvalue weighted by atomic mass is 79.9. The van der Waals surface area contributed by atoms with Crippen LogP contribution in [0, 0.1) is 12.8 Å². The number of sulfonamides is 1. The Morgan fingerprint density at radius 2 is 1.95 bits per heavy atom. The van der Waals surface area contributed by atoms with Crippen molar-refractivity contribution >= 4 is 31.9 Å². The number of nitrogens with one attached hydrogen (secondary N) is 1. The van der Waals surface area contributed by atoms with E-state index < -0.39 is 16.0 Å². The first-order valence-electron chi connectivity index (χ1n) is 6.66. The summed E-state index contributed by atoms with van der Waals surface area (Å²) in [4.78, 5) is 11.2. The quantitative estimate of drug-likeness (QED) is 0.797. The van der Waals surface area contributed by atoms with Crippen molar-refractivity contribution in [3.8, 4) is 0 Å². The van der Waals surface area contributed by atoms with Gasteiger partial charge in [0, 0.05) is 10.5 Å². The monoisotopic (exact) mass is 377 g/mol. The van der Waals surface area contributed by atoms with E-state index in [1.165, 1.54) is 12.1 Å². The molecule has 1 unspecified atom stereocenters. The van der Waals surface area contributed by atoms with Crippen LogP contribution in [0.4, 0.5) is 0 Å². The standard InChI is InChI=1S/C14H20BrNO4S/c1-5-13(8(2)3)16-21(19,20)10-6-11(14(17)18)9(4)12(15)7-10/h6-8,13,16H,5H2,1-4H3,(H,17,18). The molecule has 7 heteroatoms. The highest BCUT2D eigenvalue weighted by Gasteiger charge is 2.24. The van der Waals surface area contributed by atoms with Crippen molar-refractivity contribution in [1.29, 1.82) is 0 Å². The molecular weight excluding hydrogens is 358 g/mol. The molecule has 0 fully saturated rings. The first kappa shape index (κ1) is 18.1. The highest BCUT2D eigenvalue weighted by Crippen LogP contribution is 2.25. The number of rotatable bonds is 6. The molecule has 0 aliphatic carbocycles. The first-order valence-corrected chi connectivity index (χ1v) is 8.93. The Morgan fingerprint density at radius 3 is 2.38 bits per heavy atom. The maximum absolute atomic E-state index is 12.4. The second kappa shape index (κ2) is 6.89. The van der Waals surface area contributed by atoms with Crippen LogP contribution < -0.4 is 4.72 Å². The van der Waals surface area contributed by atoms with Crippen molar-refractivity contribution < 1.29 is 18.3 Å². The molecule has 0 amide bonds. The van der Waals surface area contributed by atoms with Gasteiger partial charge >= 0.3 is 5.97 Å². The van der Waals surface area contributed by atoms with Crippen LogP contribution in [0.2, 0.25) is 0 Å². The van der Waals surface area contributed by atoms with E-state index in [0.717, 1.165) is 0 Å². The number of halogens is 1. The van der Waals surface area contributed by atoms with Gasteiger partial charge in [-0.1, -0.05) is 36.7 Å². The Hall–Kier alpha value is -0.920. The Balaban J connectivity index is 3.29. The molecule has 0 radical (unpaired) electrons. The molecular formula is C14H20BrNO4S. The lowest BCUT2D eigenvalue weighted by atomic mass is 10.0. The van der Waals surface area contributed by atoms with E-state index in [1.807, 2.05) is 20.8 Å². The van der Waals surface area contributed by atoms with Gasteiger partial charge in [0.2, 0.25) is 10.0 Å². The number of carboxylic acid groups (broad SMARTS) is 1. The average molecular weight is 378 g/mol. The molecule has 0 heterocycles. The number of carbonyl (C=O) groups is 1. The van der Waals surface area contributed by atoms with Crippen molar-refractivity contribution in [2.75, 3.05) is 0 Å². The largest absolute Gasteiger partial charge is 0.478 e. The van der Waals surface area contributed by atoms with E-state index in [-0.39, 0.29) is 22.4 Å². The summed E-state index contributed by atoms with van der Waals surface area (Å²) in [5.41, 5.74) is 0.472. The molecule has 0 aliphatic rings. The van der Waals surface area contributed by atoms with Crippen LogP contribution in [0.5, 0.6) is 0 Å². The van der Waals surface area contributed by atoms with Gasteiger partial charge < -0.3 is 5.11 Å². The van der Waals surface area contributed by atoms with Gasteiger partial charge in [0.25, 0.3) is 0 Å². The molecule has 1 aromatic carbocycles. The summed E-state index contributed by atoms with van der Waals surface area (Å²) in [5.74, 6) is -1.00. The lowest BCUT2D eigenvalue weighted by Crippen LogP contribution is -2.38. The van der Waals surface area contributed by atoms with Gasteiger partial charge in [-0.15, -0.1) is 0 Å². The molecule has 1 rings (SSSR count). The third-order valence-corrected chi connectivity index (χ3v) is 5.70. The molecule has 5 nitrogen and oxygen atoms in total. The minimum Gasteiger partial charge on any atom is -0.478 e. The topological polar surface area (TPSA) is 83.5 Å². The third-order valence-electron chi connectivity index (χ3n) is 3.41. The minimum atomic E-state index is -3.76. The SMILES string of the molecule is CCC(NS(=O)(=O)c1cc(Br)c(C)c(C(=O)O)c1)C(C)C.